The summed E-state index contributed by atoms with van der Waals surface area (Å²) in [5, 5.41) is 18.7. The first-order chi connectivity index (χ1) is 12.3. The fourth-order valence-corrected chi connectivity index (χ4v) is 3.66. The molecule has 0 spiro atoms. The standard InChI is InChI=1S/C17H13N7S/c1-23-13-8-4-2-6-11(13)15-16(23)18-17(21-20-15)25-10-24-14-9-5-3-7-12(14)19-22-24/h2-9H,10H2,1H3. The smallest absolute Gasteiger partial charge is 0.212 e. The number of hydrogen-bond donors (Lipinski definition) is 0. The lowest BCUT2D eigenvalue weighted by atomic mass is 10.2. The highest BCUT2D eigenvalue weighted by atomic mass is 32.2. The summed E-state index contributed by atoms with van der Waals surface area (Å²) in [5.41, 5.74) is 4.64. The van der Waals surface area contributed by atoms with E-state index in [4.69, 9.17) is 0 Å². The fourth-order valence-electron chi connectivity index (χ4n) is 2.98. The van der Waals surface area contributed by atoms with Crippen LogP contribution in [0.4, 0.5) is 0 Å². The maximum absolute atomic E-state index is 4.68. The summed E-state index contributed by atoms with van der Waals surface area (Å²) in [6.07, 6.45) is 0. The Hall–Kier alpha value is -3.00. The van der Waals surface area contributed by atoms with Gasteiger partial charge in [0, 0.05) is 12.4 Å². The number of aromatic nitrogens is 7. The summed E-state index contributed by atoms with van der Waals surface area (Å²) in [6, 6.07) is 16.0. The maximum atomic E-state index is 4.68. The molecule has 5 aromatic rings. The molecule has 8 heteroatoms. The molecule has 0 aliphatic heterocycles. The van der Waals surface area contributed by atoms with Crippen LogP contribution in [-0.4, -0.2) is 34.7 Å². The highest BCUT2D eigenvalue weighted by Gasteiger charge is 2.13. The highest BCUT2D eigenvalue weighted by molar-refractivity contribution is 7.98. The predicted molar refractivity (Wildman–Crippen MR) is 97.2 cm³/mol. The molecule has 122 valence electrons. The molecule has 0 atom stereocenters. The Bertz CT molecular complexity index is 1220. The Morgan fingerprint density at radius 3 is 2.64 bits per heavy atom. The van der Waals surface area contributed by atoms with Gasteiger partial charge in [0.05, 0.1) is 16.9 Å². The van der Waals surface area contributed by atoms with E-state index < -0.39 is 0 Å². The summed E-state index contributed by atoms with van der Waals surface area (Å²) in [7, 11) is 2.00. The van der Waals surface area contributed by atoms with Crippen LogP contribution >= 0.6 is 11.8 Å². The van der Waals surface area contributed by atoms with E-state index in [2.05, 4.69) is 31.6 Å². The highest BCUT2D eigenvalue weighted by Crippen LogP contribution is 2.26. The van der Waals surface area contributed by atoms with Gasteiger partial charge in [-0.15, -0.1) is 15.3 Å². The quantitative estimate of drug-likeness (QED) is 0.467. The number of para-hydroxylation sites is 2. The predicted octanol–water partition coefficient (Wildman–Crippen LogP) is 3.01. The summed E-state index contributed by atoms with van der Waals surface area (Å²) < 4.78 is 3.89. The van der Waals surface area contributed by atoms with Crippen molar-refractivity contribution in [2.24, 2.45) is 7.05 Å². The van der Waals surface area contributed by atoms with Crippen molar-refractivity contribution in [1.29, 1.82) is 0 Å². The van der Waals surface area contributed by atoms with Crippen molar-refractivity contribution in [1.82, 2.24) is 34.7 Å². The van der Waals surface area contributed by atoms with Crippen molar-refractivity contribution in [3.8, 4) is 0 Å². The first-order valence-electron chi connectivity index (χ1n) is 7.80. The third-order valence-electron chi connectivity index (χ3n) is 4.22. The van der Waals surface area contributed by atoms with Crippen LogP contribution in [0.5, 0.6) is 0 Å². The molecule has 0 radical (unpaired) electrons. The van der Waals surface area contributed by atoms with E-state index in [1.165, 1.54) is 11.8 Å². The van der Waals surface area contributed by atoms with Gasteiger partial charge in [0.15, 0.2) is 5.65 Å². The molecule has 2 aromatic carbocycles. The number of rotatable bonds is 3. The van der Waals surface area contributed by atoms with Gasteiger partial charge in [-0.05, 0) is 18.2 Å². The third-order valence-corrected chi connectivity index (χ3v) is 5.03. The van der Waals surface area contributed by atoms with Crippen molar-refractivity contribution in [3.05, 3.63) is 48.5 Å². The topological polar surface area (TPSA) is 74.3 Å². The van der Waals surface area contributed by atoms with E-state index in [0.717, 1.165) is 33.1 Å². The average molecular weight is 347 g/mol. The van der Waals surface area contributed by atoms with Crippen LogP contribution < -0.4 is 0 Å². The van der Waals surface area contributed by atoms with Gasteiger partial charge < -0.3 is 4.57 Å². The van der Waals surface area contributed by atoms with E-state index >= 15 is 0 Å². The van der Waals surface area contributed by atoms with Crippen LogP contribution in [0.3, 0.4) is 0 Å². The Morgan fingerprint density at radius 1 is 0.920 bits per heavy atom. The molecule has 0 bridgehead atoms. The zero-order valence-electron chi connectivity index (χ0n) is 13.4. The monoisotopic (exact) mass is 347 g/mol. The molecule has 0 amide bonds. The van der Waals surface area contributed by atoms with Crippen LogP contribution in [-0.2, 0) is 12.9 Å². The van der Waals surface area contributed by atoms with E-state index in [-0.39, 0.29) is 0 Å². The minimum absolute atomic E-state index is 0.581. The van der Waals surface area contributed by atoms with Gasteiger partial charge in [0.25, 0.3) is 0 Å². The summed E-state index contributed by atoms with van der Waals surface area (Å²) in [5.74, 6) is 0.581. The third kappa shape index (κ3) is 2.25. The number of benzene rings is 2. The Labute approximate surface area is 146 Å². The van der Waals surface area contributed by atoms with Gasteiger partial charge in [-0.1, -0.05) is 47.3 Å². The van der Waals surface area contributed by atoms with Crippen LogP contribution in [0.1, 0.15) is 0 Å². The van der Waals surface area contributed by atoms with Gasteiger partial charge in [-0.2, -0.15) is 0 Å². The number of thioether (sulfide) groups is 1. The molecule has 3 aromatic heterocycles. The van der Waals surface area contributed by atoms with Crippen molar-refractivity contribution in [3.63, 3.8) is 0 Å². The first kappa shape index (κ1) is 14.4. The second-order valence-electron chi connectivity index (χ2n) is 5.69. The Balaban J connectivity index is 1.51. The van der Waals surface area contributed by atoms with Gasteiger partial charge >= 0.3 is 0 Å². The normalized spacial score (nSPS) is 11.7. The maximum Gasteiger partial charge on any atom is 0.212 e. The molecule has 7 nitrogen and oxygen atoms in total. The van der Waals surface area contributed by atoms with E-state index in [0.29, 0.717) is 11.0 Å². The van der Waals surface area contributed by atoms with Crippen LogP contribution in [0.15, 0.2) is 53.7 Å². The lowest BCUT2D eigenvalue weighted by Gasteiger charge is -2.02. The van der Waals surface area contributed by atoms with Gasteiger partial charge in [-0.3, -0.25) is 0 Å². The molecule has 0 aliphatic rings. The molecule has 0 unspecified atom stereocenters. The summed E-state index contributed by atoms with van der Waals surface area (Å²) in [6.45, 7) is 0. The van der Waals surface area contributed by atoms with Gasteiger partial charge in [-0.25, -0.2) is 9.67 Å². The molecular weight excluding hydrogens is 334 g/mol. The van der Waals surface area contributed by atoms with Crippen LogP contribution in [0, 0.1) is 0 Å². The average Bonchev–Trinajstić information content (AvgIpc) is 3.20. The molecule has 5 rings (SSSR count). The zero-order valence-corrected chi connectivity index (χ0v) is 14.2. The number of nitrogens with zero attached hydrogens (tertiary/aromatic N) is 7. The van der Waals surface area contributed by atoms with E-state index in [1.54, 1.807) is 0 Å². The molecule has 0 saturated carbocycles. The van der Waals surface area contributed by atoms with E-state index in [9.17, 15) is 0 Å². The van der Waals surface area contributed by atoms with Crippen LogP contribution in [0.25, 0.3) is 33.1 Å². The van der Waals surface area contributed by atoms with Crippen LogP contribution in [0.2, 0.25) is 0 Å². The van der Waals surface area contributed by atoms with Crippen molar-refractivity contribution in [2.45, 2.75) is 11.0 Å². The van der Waals surface area contributed by atoms with E-state index in [1.807, 2.05) is 58.8 Å². The molecule has 0 N–H and O–H groups in total. The zero-order chi connectivity index (χ0) is 16.8. The van der Waals surface area contributed by atoms with Gasteiger partial charge in [0.1, 0.15) is 11.0 Å². The molecule has 3 heterocycles. The fraction of sp³-hybridized carbons (Fsp3) is 0.118. The summed E-state index contributed by atoms with van der Waals surface area (Å²) in [4.78, 5) is 4.68. The SMILES string of the molecule is Cn1c2ccccc2c2nnc(SCn3nnc4ccccc43)nc21. The molecular formula is C17H13N7S. The number of fused-ring (bicyclic) bond motifs is 4. The molecule has 0 fully saturated rings. The lowest BCUT2D eigenvalue weighted by Crippen LogP contribution is -2.00. The second kappa shape index (κ2) is 5.52. The molecule has 25 heavy (non-hydrogen) atoms. The Morgan fingerprint density at radius 2 is 1.72 bits per heavy atom. The second-order valence-corrected chi connectivity index (χ2v) is 6.61. The van der Waals surface area contributed by atoms with Crippen molar-refractivity contribution < 1.29 is 0 Å². The minimum atomic E-state index is 0.581. The molecule has 0 saturated heterocycles. The van der Waals surface area contributed by atoms with Crippen molar-refractivity contribution >= 4 is 44.9 Å². The van der Waals surface area contributed by atoms with Crippen molar-refractivity contribution in [2.75, 3.05) is 0 Å². The number of hydrogen-bond acceptors (Lipinski definition) is 6. The van der Waals surface area contributed by atoms with Gasteiger partial charge in [0.2, 0.25) is 5.16 Å². The Kier molecular flexibility index (Phi) is 3.17. The largest absolute Gasteiger partial charge is 0.327 e. The lowest BCUT2D eigenvalue weighted by molar-refractivity contribution is 0.719. The molecule has 0 aliphatic carbocycles. The summed E-state index contributed by atoms with van der Waals surface area (Å²) >= 11 is 1.49. The minimum Gasteiger partial charge on any atom is -0.327 e. The number of aryl methyl sites for hydroxylation is 1. The first-order valence-corrected chi connectivity index (χ1v) is 8.79.